The number of ether oxygens (including phenoxy) is 3. The third kappa shape index (κ3) is 8.36. The molecular formula is C25H37NO6. The predicted octanol–water partition coefficient (Wildman–Crippen LogP) is 4.81. The van der Waals surface area contributed by atoms with Crippen molar-refractivity contribution in [3.8, 4) is 0 Å². The van der Waals surface area contributed by atoms with Crippen molar-refractivity contribution in [2.24, 2.45) is 5.92 Å². The van der Waals surface area contributed by atoms with Gasteiger partial charge in [-0.05, 0) is 65.4 Å². The minimum absolute atomic E-state index is 0.0306. The molecule has 0 aliphatic heterocycles. The zero-order valence-electron chi connectivity index (χ0n) is 20.5. The van der Waals surface area contributed by atoms with Gasteiger partial charge in [0.25, 0.3) is 0 Å². The first kappa shape index (κ1) is 27.2. The molecule has 0 aromatic heterocycles. The van der Waals surface area contributed by atoms with Gasteiger partial charge in [-0.15, -0.1) is 0 Å². The summed E-state index contributed by atoms with van der Waals surface area (Å²) in [6.45, 7) is 11.1. The highest BCUT2D eigenvalue weighted by Gasteiger charge is 2.36. The van der Waals surface area contributed by atoms with E-state index in [0.29, 0.717) is 19.3 Å². The number of hydrogen-bond donors (Lipinski definition) is 1. The number of carbonyl (C=O) groups is 3. The number of allylic oxidation sites excluding steroid dienone is 1. The third-order valence-electron chi connectivity index (χ3n) is 5.19. The van der Waals surface area contributed by atoms with E-state index < -0.39 is 23.1 Å². The highest BCUT2D eigenvalue weighted by Crippen LogP contribution is 2.33. The van der Waals surface area contributed by atoms with Crippen molar-refractivity contribution < 1.29 is 28.6 Å². The van der Waals surface area contributed by atoms with Gasteiger partial charge in [-0.25, -0.2) is 9.59 Å². The molecular weight excluding hydrogens is 410 g/mol. The number of rotatable bonds is 9. The van der Waals surface area contributed by atoms with Crippen LogP contribution in [-0.4, -0.2) is 37.9 Å². The topological polar surface area (TPSA) is 90.9 Å². The lowest BCUT2D eigenvalue weighted by molar-refractivity contribution is -0.147. The van der Waals surface area contributed by atoms with Gasteiger partial charge in [-0.3, -0.25) is 10.1 Å². The molecule has 7 heteroatoms. The van der Waals surface area contributed by atoms with Gasteiger partial charge in [-0.1, -0.05) is 42.8 Å². The lowest BCUT2D eigenvalue weighted by atomic mass is 9.76. The summed E-state index contributed by atoms with van der Waals surface area (Å²) >= 11 is 0. The smallest absolute Gasteiger partial charge is 0.412 e. The molecule has 1 amide bonds. The molecule has 1 rings (SSSR count). The molecule has 0 heterocycles. The Bertz CT molecular complexity index is 839. The fourth-order valence-corrected chi connectivity index (χ4v) is 3.26. The van der Waals surface area contributed by atoms with Crippen LogP contribution in [0.4, 0.5) is 4.79 Å². The Kier molecular flexibility index (Phi) is 9.94. The lowest BCUT2D eigenvalue weighted by Crippen LogP contribution is -2.35. The van der Waals surface area contributed by atoms with Gasteiger partial charge in [0.2, 0.25) is 0 Å². The first-order chi connectivity index (χ1) is 14.8. The number of alkyl carbamates (subject to hydrolysis) is 1. The van der Waals surface area contributed by atoms with E-state index in [1.54, 1.807) is 26.8 Å². The zero-order valence-corrected chi connectivity index (χ0v) is 20.5. The summed E-state index contributed by atoms with van der Waals surface area (Å²) in [6.07, 6.45) is 2.69. The van der Waals surface area contributed by atoms with Crippen molar-refractivity contribution in [2.45, 2.75) is 71.8 Å². The number of methoxy groups -OCH3 is 2. The molecule has 1 aromatic carbocycles. The van der Waals surface area contributed by atoms with Crippen molar-refractivity contribution >= 4 is 18.0 Å². The van der Waals surface area contributed by atoms with E-state index >= 15 is 0 Å². The summed E-state index contributed by atoms with van der Waals surface area (Å²) in [5.74, 6) is -0.807. The average molecular weight is 448 g/mol. The highest BCUT2D eigenvalue weighted by molar-refractivity contribution is 5.92. The number of benzene rings is 1. The summed E-state index contributed by atoms with van der Waals surface area (Å²) in [5.41, 5.74) is 0.548. The van der Waals surface area contributed by atoms with Crippen LogP contribution in [-0.2, 0) is 29.2 Å². The molecule has 178 valence electrons. The molecule has 0 spiro atoms. The van der Waals surface area contributed by atoms with Gasteiger partial charge in [0.1, 0.15) is 11.3 Å². The summed E-state index contributed by atoms with van der Waals surface area (Å²) < 4.78 is 15.1. The van der Waals surface area contributed by atoms with Gasteiger partial charge >= 0.3 is 18.0 Å². The van der Waals surface area contributed by atoms with Crippen LogP contribution >= 0.6 is 0 Å². The molecule has 32 heavy (non-hydrogen) atoms. The van der Waals surface area contributed by atoms with Crippen LogP contribution in [0.25, 0.3) is 0 Å². The standard InChI is InChI=1S/C25H37NO6/c1-17(12-13-20(21(27)30-7)26-23(29)32-24(3,4)5)14-15-25(6,22(28)31-8)19-11-9-10-18(2)16-19/h9-11,13,16-17H,12,14-15H2,1-8H3,(H,26,29)/b20-13-. The molecule has 1 aromatic rings. The van der Waals surface area contributed by atoms with Crippen molar-refractivity contribution in [3.05, 3.63) is 47.2 Å². The van der Waals surface area contributed by atoms with E-state index in [4.69, 9.17) is 14.2 Å². The Morgan fingerprint density at radius 3 is 2.28 bits per heavy atom. The van der Waals surface area contributed by atoms with Crippen molar-refractivity contribution in [2.75, 3.05) is 14.2 Å². The van der Waals surface area contributed by atoms with Crippen LogP contribution in [0, 0.1) is 12.8 Å². The molecule has 0 bridgehead atoms. The Labute approximate surface area is 191 Å². The van der Waals surface area contributed by atoms with E-state index in [1.165, 1.54) is 14.2 Å². The maximum atomic E-state index is 12.6. The molecule has 0 radical (unpaired) electrons. The first-order valence-electron chi connectivity index (χ1n) is 10.8. The monoisotopic (exact) mass is 447 g/mol. The zero-order chi connectivity index (χ0) is 24.5. The van der Waals surface area contributed by atoms with Gasteiger partial charge < -0.3 is 14.2 Å². The van der Waals surface area contributed by atoms with Crippen LogP contribution in [0.3, 0.4) is 0 Å². The van der Waals surface area contributed by atoms with Crippen LogP contribution in [0.1, 0.15) is 65.0 Å². The minimum atomic E-state index is -0.779. The number of aryl methyl sites for hydroxylation is 1. The fourth-order valence-electron chi connectivity index (χ4n) is 3.26. The molecule has 0 saturated carbocycles. The molecule has 2 unspecified atom stereocenters. The van der Waals surface area contributed by atoms with Gasteiger partial charge in [0.15, 0.2) is 0 Å². The number of carbonyl (C=O) groups excluding carboxylic acids is 3. The van der Waals surface area contributed by atoms with E-state index in [1.807, 2.05) is 45.0 Å². The van der Waals surface area contributed by atoms with Crippen LogP contribution < -0.4 is 5.32 Å². The number of amides is 1. The maximum absolute atomic E-state index is 12.6. The van der Waals surface area contributed by atoms with Gasteiger partial charge in [0.05, 0.1) is 19.6 Å². The van der Waals surface area contributed by atoms with E-state index in [-0.39, 0.29) is 17.6 Å². The van der Waals surface area contributed by atoms with Crippen molar-refractivity contribution in [1.29, 1.82) is 0 Å². The molecule has 0 fully saturated rings. The summed E-state index contributed by atoms with van der Waals surface area (Å²) in [4.78, 5) is 36.7. The SMILES string of the molecule is COC(=O)/C(=C/CC(C)CCC(C)(C(=O)OC)c1cccc(C)c1)NC(=O)OC(C)(C)C. The quantitative estimate of drug-likeness (QED) is 0.332. The minimum Gasteiger partial charge on any atom is -0.468 e. The molecule has 0 aliphatic carbocycles. The summed E-state index contributed by atoms with van der Waals surface area (Å²) in [7, 11) is 2.65. The predicted molar refractivity (Wildman–Crippen MR) is 123 cm³/mol. The van der Waals surface area contributed by atoms with Crippen LogP contribution in [0.2, 0.25) is 0 Å². The number of hydrogen-bond acceptors (Lipinski definition) is 6. The molecule has 7 nitrogen and oxygen atoms in total. The summed E-state index contributed by atoms with van der Waals surface area (Å²) in [6, 6.07) is 7.86. The van der Waals surface area contributed by atoms with E-state index in [2.05, 4.69) is 5.32 Å². The third-order valence-corrected chi connectivity index (χ3v) is 5.19. The average Bonchev–Trinajstić information content (AvgIpc) is 2.72. The molecule has 2 atom stereocenters. The van der Waals surface area contributed by atoms with Gasteiger partial charge in [0, 0.05) is 0 Å². The maximum Gasteiger partial charge on any atom is 0.412 e. The molecule has 0 saturated heterocycles. The van der Waals surface area contributed by atoms with Gasteiger partial charge in [-0.2, -0.15) is 0 Å². The molecule has 0 aliphatic rings. The second kappa shape index (κ2) is 11.7. The largest absolute Gasteiger partial charge is 0.468 e. The van der Waals surface area contributed by atoms with E-state index in [9.17, 15) is 14.4 Å². The van der Waals surface area contributed by atoms with Crippen molar-refractivity contribution in [3.63, 3.8) is 0 Å². The Morgan fingerprint density at radius 2 is 1.75 bits per heavy atom. The number of nitrogens with one attached hydrogen (secondary N) is 1. The highest BCUT2D eigenvalue weighted by atomic mass is 16.6. The van der Waals surface area contributed by atoms with Crippen LogP contribution in [0.5, 0.6) is 0 Å². The lowest BCUT2D eigenvalue weighted by Gasteiger charge is -2.28. The van der Waals surface area contributed by atoms with E-state index in [0.717, 1.165) is 11.1 Å². The Hall–Kier alpha value is -2.83. The Morgan fingerprint density at radius 1 is 1.09 bits per heavy atom. The normalized spacial score (nSPS) is 14.7. The van der Waals surface area contributed by atoms with Crippen molar-refractivity contribution in [1.82, 2.24) is 5.32 Å². The second-order valence-electron chi connectivity index (χ2n) is 9.31. The molecule has 1 N–H and O–H groups in total. The Balaban J connectivity index is 2.90. The second-order valence-corrected chi connectivity index (χ2v) is 9.31. The fraction of sp³-hybridized carbons (Fsp3) is 0.560. The number of esters is 2. The van der Waals surface area contributed by atoms with Crippen LogP contribution in [0.15, 0.2) is 36.0 Å². The first-order valence-corrected chi connectivity index (χ1v) is 10.8. The summed E-state index contributed by atoms with van der Waals surface area (Å²) in [5, 5.41) is 2.46.